The minimum Gasteiger partial charge on any atom is -0.494 e. The van der Waals surface area contributed by atoms with E-state index in [1.807, 2.05) is 13.8 Å². The van der Waals surface area contributed by atoms with Gasteiger partial charge in [-0.25, -0.2) is 0 Å². The lowest BCUT2D eigenvalue weighted by molar-refractivity contribution is -0.147. The van der Waals surface area contributed by atoms with E-state index in [-0.39, 0.29) is 31.5 Å². The van der Waals surface area contributed by atoms with Crippen LogP contribution < -0.4 is 14.5 Å². The van der Waals surface area contributed by atoms with Crippen molar-refractivity contribution in [1.82, 2.24) is 4.90 Å². The zero-order chi connectivity index (χ0) is 31.8. The first-order valence-electron chi connectivity index (χ1n) is 15.0. The molecule has 0 aliphatic carbocycles. The molecule has 44 heavy (non-hydrogen) atoms. The predicted octanol–water partition coefficient (Wildman–Crippen LogP) is 4.62. The Kier molecular flexibility index (Phi) is 8.94. The summed E-state index contributed by atoms with van der Waals surface area (Å²) in [6.45, 7) is 13.6. The van der Waals surface area contributed by atoms with Gasteiger partial charge in [-0.3, -0.25) is 14.4 Å². The van der Waals surface area contributed by atoms with E-state index >= 15 is 0 Å². The number of rotatable bonds is 12. The van der Waals surface area contributed by atoms with Crippen molar-refractivity contribution >= 4 is 40.7 Å². The average Bonchev–Trinajstić information content (AvgIpc) is 3.59. The molecule has 9 nitrogen and oxygen atoms in total. The lowest BCUT2D eigenvalue weighted by Gasteiger charge is -2.38. The van der Waals surface area contributed by atoms with Crippen LogP contribution in [0.5, 0.6) is 5.75 Å². The van der Waals surface area contributed by atoms with Gasteiger partial charge in [-0.15, -0.1) is 13.2 Å². The highest BCUT2D eigenvalue weighted by Crippen LogP contribution is 2.64. The number of carbonyl (C=O) groups is 3. The third-order valence-corrected chi connectivity index (χ3v) is 9.53. The second-order valence-corrected chi connectivity index (χ2v) is 12.3. The molecular weight excluding hydrogens is 582 g/mol. The molecule has 2 aromatic rings. The van der Waals surface area contributed by atoms with Crippen molar-refractivity contribution in [3.63, 3.8) is 0 Å². The molecule has 2 unspecified atom stereocenters. The maximum atomic E-state index is 14.7. The molecule has 0 radical (unpaired) electrons. The number of aliphatic hydroxyl groups excluding tert-OH is 1. The first-order chi connectivity index (χ1) is 21.1. The minimum atomic E-state index is -1.27. The van der Waals surface area contributed by atoms with E-state index in [0.29, 0.717) is 41.6 Å². The van der Waals surface area contributed by atoms with Crippen molar-refractivity contribution < 1.29 is 29.0 Å². The molecule has 0 aromatic heterocycles. The number of likely N-dealkylation sites (tertiary alicyclic amines) is 1. The summed E-state index contributed by atoms with van der Waals surface area (Å²) in [4.78, 5) is 48.2. The van der Waals surface area contributed by atoms with Gasteiger partial charge in [-0.05, 0) is 70.0 Å². The fourth-order valence-electron chi connectivity index (χ4n) is 7.34. The van der Waals surface area contributed by atoms with Crippen molar-refractivity contribution in [3.05, 3.63) is 78.9 Å². The van der Waals surface area contributed by atoms with E-state index in [1.165, 1.54) is 9.80 Å². The average molecular weight is 622 g/mol. The van der Waals surface area contributed by atoms with Crippen molar-refractivity contribution in [2.75, 3.05) is 36.1 Å². The molecule has 5 rings (SSSR count). The van der Waals surface area contributed by atoms with Gasteiger partial charge in [0.25, 0.3) is 5.91 Å². The molecule has 0 saturated carbocycles. The van der Waals surface area contributed by atoms with E-state index in [1.54, 1.807) is 72.5 Å². The van der Waals surface area contributed by atoms with Gasteiger partial charge < -0.3 is 29.3 Å². The topological polar surface area (TPSA) is 99.6 Å². The number of para-hydroxylation sites is 1. The number of ether oxygens (including phenoxy) is 2. The lowest BCUT2D eigenvalue weighted by atomic mass is 9.66. The summed E-state index contributed by atoms with van der Waals surface area (Å²) in [7, 11) is 0. The fourth-order valence-corrected chi connectivity index (χ4v) is 7.58. The quantitative estimate of drug-likeness (QED) is 0.347. The van der Waals surface area contributed by atoms with Gasteiger partial charge in [-0.1, -0.05) is 35.9 Å². The van der Waals surface area contributed by atoms with E-state index in [9.17, 15) is 19.5 Å². The van der Waals surface area contributed by atoms with Gasteiger partial charge in [0, 0.05) is 18.8 Å². The number of carbonyl (C=O) groups excluding carboxylic acids is 3. The second-order valence-electron chi connectivity index (χ2n) is 11.9. The van der Waals surface area contributed by atoms with Gasteiger partial charge in [-0.2, -0.15) is 0 Å². The number of amides is 3. The minimum absolute atomic E-state index is 0.139. The van der Waals surface area contributed by atoms with Crippen LogP contribution >= 0.6 is 11.6 Å². The highest BCUT2D eigenvalue weighted by Gasteiger charge is 2.78. The van der Waals surface area contributed by atoms with Gasteiger partial charge in [0.1, 0.15) is 17.4 Å². The molecule has 3 aliphatic rings. The standard InChI is InChI=1S/C34H40ClN3O6/c1-6-19-36(23-13-15-24(16-14-23)43-8-3)30(40)27-28-31(41)38(22(4)21-39)29(34(28)18-17-33(27,5)44-34)32(42)37(20-7-2)26-12-10-9-11-25(26)35/h6-7,9-16,22,27-29,39H,1-2,8,17-21H2,3-5H3/t22-,27-,28+,29?,33+,34?/m1/s1. The van der Waals surface area contributed by atoms with Gasteiger partial charge in [0.05, 0.1) is 47.4 Å². The third-order valence-electron chi connectivity index (χ3n) is 9.21. The number of aliphatic hydroxyl groups is 1. The Balaban J connectivity index is 1.59. The highest BCUT2D eigenvalue weighted by molar-refractivity contribution is 6.34. The predicted molar refractivity (Wildman–Crippen MR) is 170 cm³/mol. The molecular formula is C34H40ClN3O6. The molecule has 1 N–H and O–H groups in total. The van der Waals surface area contributed by atoms with E-state index in [0.717, 1.165) is 0 Å². The SMILES string of the molecule is C=CCN(C(=O)[C@H]1[C@H]2C(=O)N([C@H](C)CO)C(C(=O)N(CC=C)c3ccccc3Cl)C23CC[C@]1(C)O3)c1ccc(OCC)cc1. The summed E-state index contributed by atoms with van der Waals surface area (Å²) in [5.41, 5.74) is -1.15. The van der Waals surface area contributed by atoms with E-state index < -0.39 is 41.0 Å². The zero-order valence-corrected chi connectivity index (χ0v) is 26.2. The van der Waals surface area contributed by atoms with Crippen LogP contribution in [0.1, 0.15) is 33.6 Å². The van der Waals surface area contributed by atoms with Crippen LogP contribution in [-0.2, 0) is 19.1 Å². The normalized spacial score (nSPS) is 27.5. The molecule has 3 aliphatic heterocycles. The van der Waals surface area contributed by atoms with E-state index in [2.05, 4.69) is 13.2 Å². The van der Waals surface area contributed by atoms with Crippen molar-refractivity contribution in [2.24, 2.45) is 11.8 Å². The lowest BCUT2D eigenvalue weighted by Crippen LogP contribution is -2.58. The summed E-state index contributed by atoms with van der Waals surface area (Å²) in [5, 5.41) is 10.6. The summed E-state index contributed by atoms with van der Waals surface area (Å²) in [5.74, 6) is -2.18. The highest BCUT2D eigenvalue weighted by atomic mass is 35.5. The zero-order valence-electron chi connectivity index (χ0n) is 25.4. The summed E-state index contributed by atoms with van der Waals surface area (Å²) in [6.07, 6.45) is 4.12. The Morgan fingerprint density at radius 1 is 1.11 bits per heavy atom. The molecule has 3 fully saturated rings. The second kappa shape index (κ2) is 12.4. The number of nitrogens with zero attached hydrogens (tertiary/aromatic N) is 3. The molecule has 3 saturated heterocycles. The summed E-state index contributed by atoms with van der Waals surface area (Å²) in [6, 6.07) is 12.4. The molecule has 10 heteroatoms. The van der Waals surface area contributed by atoms with Crippen LogP contribution in [0.4, 0.5) is 11.4 Å². The van der Waals surface area contributed by atoms with Crippen LogP contribution in [0, 0.1) is 11.8 Å². The Hall–Kier alpha value is -3.66. The van der Waals surface area contributed by atoms with Gasteiger partial charge in [0.15, 0.2) is 0 Å². The monoisotopic (exact) mass is 621 g/mol. The number of hydrogen-bond donors (Lipinski definition) is 1. The molecule has 2 bridgehead atoms. The summed E-state index contributed by atoms with van der Waals surface area (Å²) < 4.78 is 12.4. The smallest absolute Gasteiger partial charge is 0.253 e. The first-order valence-corrected chi connectivity index (χ1v) is 15.4. The molecule has 3 amide bonds. The number of hydrogen-bond acceptors (Lipinski definition) is 6. The largest absolute Gasteiger partial charge is 0.494 e. The Labute approximate surface area is 263 Å². The molecule has 6 atom stereocenters. The van der Waals surface area contributed by atoms with Crippen LogP contribution in [-0.4, -0.2) is 77.3 Å². The molecule has 1 spiro atoms. The van der Waals surface area contributed by atoms with Crippen molar-refractivity contribution in [3.8, 4) is 5.75 Å². The first kappa shape index (κ1) is 31.8. The number of benzene rings is 2. The Bertz CT molecular complexity index is 1450. The Morgan fingerprint density at radius 3 is 2.39 bits per heavy atom. The van der Waals surface area contributed by atoms with Crippen molar-refractivity contribution in [1.29, 1.82) is 0 Å². The van der Waals surface area contributed by atoms with Gasteiger partial charge >= 0.3 is 0 Å². The third kappa shape index (κ3) is 5.01. The van der Waals surface area contributed by atoms with Gasteiger partial charge in [0.2, 0.25) is 11.8 Å². The number of anilines is 2. The van der Waals surface area contributed by atoms with Crippen molar-refractivity contribution in [2.45, 2.75) is 56.9 Å². The van der Waals surface area contributed by atoms with Crippen LogP contribution in [0.2, 0.25) is 5.02 Å². The number of fused-ring (bicyclic) bond motifs is 1. The van der Waals surface area contributed by atoms with E-state index in [4.69, 9.17) is 21.1 Å². The maximum Gasteiger partial charge on any atom is 0.253 e. The number of halogens is 1. The molecule has 2 aromatic carbocycles. The maximum absolute atomic E-state index is 14.7. The summed E-state index contributed by atoms with van der Waals surface area (Å²) >= 11 is 6.54. The van der Waals surface area contributed by atoms with Crippen LogP contribution in [0.3, 0.4) is 0 Å². The Morgan fingerprint density at radius 2 is 1.77 bits per heavy atom. The fraction of sp³-hybridized carbons (Fsp3) is 0.441. The van der Waals surface area contributed by atoms with Crippen LogP contribution in [0.25, 0.3) is 0 Å². The molecule has 234 valence electrons. The van der Waals surface area contributed by atoms with Crippen LogP contribution in [0.15, 0.2) is 73.8 Å². The molecule has 3 heterocycles.